The first-order valence-electron chi connectivity index (χ1n) is 10.7. The smallest absolute Gasteiger partial charge is 0.251 e. The molecule has 1 unspecified atom stereocenters. The minimum absolute atomic E-state index is 0.0501. The summed E-state index contributed by atoms with van der Waals surface area (Å²) < 4.78 is 2.16. The minimum atomic E-state index is -0.0501. The molecule has 0 amide bonds. The van der Waals surface area contributed by atoms with Gasteiger partial charge in [0.1, 0.15) is 5.82 Å². The fourth-order valence-electron chi connectivity index (χ4n) is 4.57. The molecule has 2 aromatic heterocycles. The molecule has 1 atom stereocenters. The first-order chi connectivity index (χ1) is 14.3. The van der Waals surface area contributed by atoms with Gasteiger partial charge in [-0.15, -0.1) is 0 Å². The summed E-state index contributed by atoms with van der Waals surface area (Å²) in [4.78, 5) is 26.9. The number of H-pyrrole nitrogens is 1. The van der Waals surface area contributed by atoms with Crippen molar-refractivity contribution in [1.29, 1.82) is 0 Å². The highest BCUT2D eigenvalue weighted by molar-refractivity contribution is 5.60. The molecule has 1 N–H and O–H groups in total. The minimum Gasteiger partial charge on any atom is -0.336 e. The van der Waals surface area contributed by atoms with Crippen LogP contribution >= 0.6 is 0 Å². The third-order valence-electron chi connectivity index (χ3n) is 6.41. The van der Waals surface area contributed by atoms with E-state index in [2.05, 4.69) is 37.6 Å². The first kappa shape index (κ1) is 18.3. The summed E-state index contributed by atoms with van der Waals surface area (Å²) in [7, 11) is 0. The van der Waals surface area contributed by atoms with Crippen LogP contribution in [0.5, 0.6) is 0 Å². The van der Waals surface area contributed by atoms with Gasteiger partial charge in [-0.05, 0) is 37.8 Å². The predicted molar refractivity (Wildman–Crippen MR) is 113 cm³/mol. The van der Waals surface area contributed by atoms with E-state index in [4.69, 9.17) is 4.98 Å². The zero-order chi connectivity index (χ0) is 19.6. The summed E-state index contributed by atoms with van der Waals surface area (Å²) in [6.07, 6.45) is 11.7. The van der Waals surface area contributed by atoms with Crippen LogP contribution in [0.4, 0.5) is 0 Å². The quantitative estimate of drug-likeness (QED) is 0.700. The molecule has 2 fully saturated rings. The van der Waals surface area contributed by atoms with Crippen molar-refractivity contribution in [3.05, 3.63) is 70.7 Å². The van der Waals surface area contributed by atoms with Crippen LogP contribution < -0.4 is 5.56 Å². The van der Waals surface area contributed by atoms with Gasteiger partial charge in [0.25, 0.3) is 5.56 Å². The average Bonchev–Trinajstić information content (AvgIpc) is 3.33. The van der Waals surface area contributed by atoms with Gasteiger partial charge >= 0.3 is 0 Å². The molecule has 29 heavy (non-hydrogen) atoms. The van der Waals surface area contributed by atoms with Crippen molar-refractivity contribution < 1.29 is 0 Å². The highest BCUT2D eigenvalue weighted by atomic mass is 16.1. The Hall–Kier alpha value is -2.73. The second-order valence-corrected chi connectivity index (χ2v) is 8.33. The maximum atomic E-state index is 12.3. The average molecular weight is 390 g/mol. The van der Waals surface area contributed by atoms with Gasteiger partial charge in [-0.3, -0.25) is 9.69 Å². The number of hydrogen-bond acceptors (Lipinski definition) is 4. The Morgan fingerprint density at radius 2 is 2.03 bits per heavy atom. The summed E-state index contributed by atoms with van der Waals surface area (Å²) in [5.74, 6) is 1.15. The van der Waals surface area contributed by atoms with Crippen molar-refractivity contribution >= 4 is 0 Å². The number of benzene rings is 1. The fraction of sp³-hybridized carbons (Fsp3) is 0.435. The van der Waals surface area contributed by atoms with E-state index >= 15 is 0 Å². The van der Waals surface area contributed by atoms with E-state index in [0.29, 0.717) is 17.8 Å². The van der Waals surface area contributed by atoms with Gasteiger partial charge in [0, 0.05) is 49.1 Å². The molecular weight excluding hydrogens is 362 g/mol. The SMILES string of the molecule is O=c1cc(C2CCC2)nc(-c2ccccc2CN2CCCC2Cn2ccnc2)[nH]1. The van der Waals surface area contributed by atoms with E-state index in [0.717, 1.165) is 43.7 Å². The van der Waals surface area contributed by atoms with Crippen LogP contribution in [0, 0.1) is 0 Å². The number of aromatic amines is 1. The van der Waals surface area contributed by atoms with E-state index < -0.39 is 0 Å². The maximum absolute atomic E-state index is 12.3. The maximum Gasteiger partial charge on any atom is 0.251 e. The highest BCUT2D eigenvalue weighted by Gasteiger charge is 2.26. The fourth-order valence-corrected chi connectivity index (χ4v) is 4.57. The Bertz CT molecular complexity index is 1020. The second kappa shape index (κ2) is 7.95. The highest BCUT2D eigenvalue weighted by Crippen LogP contribution is 2.35. The van der Waals surface area contributed by atoms with Crippen LogP contribution in [-0.4, -0.2) is 37.0 Å². The Kier molecular flexibility index (Phi) is 5.02. The third-order valence-corrected chi connectivity index (χ3v) is 6.41. The summed E-state index contributed by atoms with van der Waals surface area (Å²) in [6.45, 7) is 2.93. The number of imidazole rings is 1. The van der Waals surface area contributed by atoms with Gasteiger partial charge in [0.15, 0.2) is 0 Å². The van der Waals surface area contributed by atoms with Gasteiger partial charge in [-0.25, -0.2) is 9.97 Å². The van der Waals surface area contributed by atoms with Crippen LogP contribution in [0.1, 0.15) is 49.3 Å². The molecule has 6 heteroatoms. The monoisotopic (exact) mass is 389 g/mol. The zero-order valence-electron chi connectivity index (χ0n) is 16.6. The van der Waals surface area contributed by atoms with Crippen LogP contribution in [-0.2, 0) is 13.1 Å². The first-order valence-corrected chi connectivity index (χ1v) is 10.7. The molecule has 1 aromatic carbocycles. The lowest BCUT2D eigenvalue weighted by Gasteiger charge is -2.26. The van der Waals surface area contributed by atoms with Crippen molar-refractivity contribution in [1.82, 2.24) is 24.4 Å². The molecule has 5 rings (SSSR count). The van der Waals surface area contributed by atoms with Gasteiger partial charge < -0.3 is 9.55 Å². The molecule has 3 heterocycles. The van der Waals surface area contributed by atoms with Gasteiger partial charge in [0.05, 0.1) is 12.0 Å². The van der Waals surface area contributed by atoms with Crippen molar-refractivity contribution in [2.24, 2.45) is 0 Å². The summed E-state index contributed by atoms with van der Waals surface area (Å²) in [6, 6.07) is 10.5. The molecule has 0 bridgehead atoms. The molecule has 0 radical (unpaired) electrons. The van der Waals surface area contributed by atoms with Crippen molar-refractivity contribution in [3.63, 3.8) is 0 Å². The number of nitrogens with zero attached hydrogens (tertiary/aromatic N) is 4. The topological polar surface area (TPSA) is 66.8 Å². The number of aromatic nitrogens is 4. The summed E-state index contributed by atoms with van der Waals surface area (Å²) in [5.41, 5.74) is 3.16. The second-order valence-electron chi connectivity index (χ2n) is 8.33. The molecule has 1 saturated carbocycles. The van der Waals surface area contributed by atoms with Crippen LogP contribution in [0.3, 0.4) is 0 Å². The Labute approximate surface area is 170 Å². The molecule has 1 aliphatic heterocycles. The molecule has 3 aromatic rings. The van der Waals surface area contributed by atoms with Crippen molar-refractivity contribution in [2.45, 2.75) is 57.2 Å². The van der Waals surface area contributed by atoms with Crippen LogP contribution in [0.25, 0.3) is 11.4 Å². The number of nitrogens with one attached hydrogen (secondary N) is 1. The normalized spacial score (nSPS) is 20.1. The van der Waals surface area contributed by atoms with E-state index in [1.165, 1.54) is 24.8 Å². The molecule has 6 nitrogen and oxygen atoms in total. The summed E-state index contributed by atoms with van der Waals surface area (Å²) in [5, 5.41) is 0. The lowest BCUT2D eigenvalue weighted by molar-refractivity contribution is 0.224. The Morgan fingerprint density at radius 1 is 1.14 bits per heavy atom. The lowest BCUT2D eigenvalue weighted by atomic mass is 9.83. The molecule has 1 saturated heterocycles. The van der Waals surface area contributed by atoms with Gasteiger partial charge in [0.2, 0.25) is 0 Å². The number of rotatable bonds is 6. The van der Waals surface area contributed by atoms with Crippen molar-refractivity contribution in [2.75, 3.05) is 6.54 Å². The Balaban J connectivity index is 1.41. The van der Waals surface area contributed by atoms with Crippen LogP contribution in [0.2, 0.25) is 0 Å². The van der Waals surface area contributed by atoms with Gasteiger partial charge in [-0.2, -0.15) is 0 Å². The van der Waals surface area contributed by atoms with E-state index in [1.54, 1.807) is 6.07 Å². The number of hydrogen-bond donors (Lipinski definition) is 1. The standard InChI is InChI=1S/C23H27N5O/c29-22-13-21(17-6-3-7-17)25-23(26-22)20-9-2-1-5-18(20)14-28-11-4-8-19(28)15-27-12-10-24-16-27/h1-2,5,9-10,12-13,16-17,19H,3-4,6-8,11,14-15H2,(H,25,26,29). The largest absolute Gasteiger partial charge is 0.336 e. The zero-order valence-corrected chi connectivity index (χ0v) is 16.6. The predicted octanol–water partition coefficient (Wildman–Crippen LogP) is 3.57. The molecule has 0 spiro atoms. The summed E-state index contributed by atoms with van der Waals surface area (Å²) >= 11 is 0. The molecule has 150 valence electrons. The lowest BCUT2D eigenvalue weighted by Crippen LogP contribution is -2.32. The Morgan fingerprint density at radius 3 is 2.83 bits per heavy atom. The van der Waals surface area contributed by atoms with E-state index in [-0.39, 0.29) is 5.56 Å². The van der Waals surface area contributed by atoms with E-state index in [9.17, 15) is 4.79 Å². The van der Waals surface area contributed by atoms with Crippen molar-refractivity contribution in [3.8, 4) is 11.4 Å². The van der Waals surface area contributed by atoms with E-state index in [1.807, 2.05) is 24.8 Å². The molecular formula is C23H27N5O. The molecule has 2 aliphatic rings. The van der Waals surface area contributed by atoms with Gasteiger partial charge in [-0.1, -0.05) is 30.7 Å². The molecule has 1 aliphatic carbocycles. The number of likely N-dealkylation sites (tertiary alicyclic amines) is 1. The van der Waals surface area contributed by atoms with Crippen LogP contribution in [0.15, 0.2) is 53.8 Å². The third kappa shape index (κ3) is 3.90.